The van der Waals surface area contributed by atoms with E-state index in [1.54, 1.807) is 0 Å². The van der Waals surface area contributed by atoms with E-state index in [2.05, 4.69) is 9.76 Å². The molecule has 0 nitrogen and oxygen atoms in total. The van der Waals surface area contributed by atoms with Gasteiger partial charge in [0.15, 0.2) is 0 Å². The van der Waals surface area contributed by atoms with Gasteiger partial charge in [-0.25, -0.2) is 0 Å². The van der Waals surface area contributed by atoms with Gasteiger partial charge in [-0.05, 0) is 5.19 Å². The second-order valence-electron chi connectivity index (χ2n) is 1.93. The molecule has 0 fully saturated rings. The standard InChI is InChI=1S/C6H5FSi4/c7-11(10-9-8)6-4-2-1-3-5-6/h1-5H. The summed E-state index contributed by atoms with van der Waals surface area (Å²) in [5.41, 5.74) is 0. The normalized spacial score (nSPS) is 10.5. The lowest BCUT2D eigenvalue weighted by molar-refractivity contribution is 0.874. The number of hydrogen-bond acceptors (Lipinski definition) is 0. The molecule has 0 unspecified atom stereocenters. The van der Waals surface area contributed by atoms with Crippen molar-refractivity contribution in [1.29, 1.82) is 0 Å². The fourth-order valence-corrected chi connectivity index (χ4v) is 7.96. The lowest BCUT2D eigenvalue weighted by atomic mass is 10.4. The summed E-state index contributed by atoms with van der Waals surface area (Å²) in [5, 5.41) is 0.890. The maximum Gasteiger partial charge on any atom is 0.278 e. The molecular weight excluding hydrogens is 203 g/mol. The fourth-order valence-electron chi connectivity index (χ4n) is 0.712. The highest BCUT2D eigenvalue weighted by atomic mass is 29.7. The highest BCUT2D eigenvalue weighted by Gasteiger charge is 2.12. The molecule has 0 saturated carbocycles. The Morgan fingerprint density at radius 1 is 1.27 bits per heavy atom. The Hall–Kier alpha value is 0.0175. The molecule has 0 aromatic heterocycles. The molecule has 0 bridgehead atoms. The lowest BCUT2D eigenvalue weighted by Crippen LogP contribution is -2.35. The molecular formula is C6H5FSi4. The summed E-state index contributed by atoms with van der Waals surface area (Å²) < 4.78 is 13.2. The van der Waals surface area contributed by atoms with Crippen LogP contribution in [0.15, 0.2) is 30.3 Å². The molecule has 1 rings (SSSR count). The van der Waals surface area contributed by atoms with E-state index in [0.717, 1.165) is 5.19 Å². The molecule has 0 N–H and O–H groups in total. The van der Waals surface area contributed by atoms with Crippen molar-refractivity contribution in [2.45, 2.75) is 0 Å². The van der Waals surface area contributed by atoms with Crippen molar-refractivity contribution in [3.63, 3.8) is 0 Å². The van der Waals surface area contributed by atoms with Crippen LogP contribution in [0.25, 0.3) is 0 Å². The molecule has 52 valence electrons. The summed E-state index contributed by atoms with van der Waals surface area (Å²) in [6, 6.07) is 9.43. The smallest absolute Gasteiger partial charge is 0.278 e. The van der Waals surface area contributed by atoms with Crippen molar-refractivity contribution < 1.29 is 4.11 Å². The Bertz CT molecular complexity index is 203. The molecule has 1 aromatic rings. The summed E-state index contributed by atoms with van der Waals surface area (Å²) in [6.45, 7) is 0. The fraction of sp³-hybridized carbons (Fsp3) is 0. The lowest BCUT2D eigenvalue weighted by Gasteiger charge is -2.00. The van der Waals surface area contributed by atoms with Gasteiger partial charge in [0, 0.05) is 18.3 Å². The quantitative estimate of drug-likeness (QED) is 0.475. The van der Waals surface area contributed by atoms with Gasteiger partial charge in [-0.2, -0.15) is 0 Å². The van der Waals surface area contributed by atoms with E-state index >= 15 is 0 Å². The van der Waals surface area contributed by atoms with Crippen LogP contribution in [0.5, 0.6) is 0 Å². The molecule has 1 aromatic carbocycles. The SMILES string of the molecule is F[Si]([Si][Si][Si])c1ccccc1. The summed E-state index contributed by atoms with van der Waals surface area (Å²) >= 11 is 0. The summed E-state index contributed by atoms with van der Waals surface area (Å²) in [4.78, 5) is 0. The third kappa shape index (κ3) is 2.86. The van der Waals surface area contributed by atoms with Crippen molar-refractivity contribution in [2.24, 2.45) is 0 Å². The van der Waals surface area contributed by atoms with Crippen molar-refractivity contribution in [3.05, 3.63) is 30.3 Å². The molecule has 8 radical (unpaired) electrons. The molecule has 0 amide bonds. The van der Waals surface area contributed by atoms with E-state index in [1.807, 2.05) is 30.3 Å². The molecule has 0 heterocycles. The zero-order chi connectivity index (χ0) is 8.10. The number of benzene rings is 1. The predicted molar refractivity (Wildman–Crippen MR) is 50.2 cm³/mol. The van der Waals surface area contributed by atoms with E-state index in [9.17, 15) is 4.11 Å². The Balaban J connectivity index is 2.61. The molecule has 11 heavy (non-hydrogen) atoms. The first-order chi connectivity index (χ1) is 5.34. The first kappa shape index (κ1) is 9.11. The van der Waals surface area contributed by atoms with Gasteiger partial charge in [-0.3, -0.25) is 0 Å². The van der Waals surface area contributed by atoms with Crippen LogP contribution in [0.1, 0.15) is 0 Å². The Labute approximate surface area is 75.4 Å². The summed E-state index contributed by atoms with van der Waals surface area (Å²) in [6.07, 6.45) is 0. The van der Waals surface area contributed by atoms with Crippen molar-refractivity contribution in [1.82, 2.24) is 0 Å². The molecule has 0 aliphatic carbocycles. The maximum atomic E-state index is 13.2. The molecule has 0 saturated heterocycles. The van der Waals surface area contributed by atoms with Crippen molar-refractivity contribution >= 4 is 40.7 Å². The average Bonchev–Trinajstić information content (AvgIpc) is 2.07. The van der Waals surface area contributed by atoms with Gasteiger partial charge in [0.05, 0.1) is 8.55 Å². The van der Waals surface area contributed by atoms with E-state index in [4.69, 9.17) is 0 Å². The topological polar surface area (TPSA) is 0 Å². The van der Waals surface area contributed by atoms with Crippen LogP contribution in [0.3, 0.4) is 0 Å². The predicted octanol–water partition coefficient (Wildman–Crippen LogP) is -0.242. The Morgan fingerprint density at radius 3 is 2.45 bits per heavy atom. The van der Waals surface area contributed by atoms with Gasteiger partial charge < -0.3 is 4.11 Å². The van der Waals surface area contributed by atoms with Crippen LogP contribution in [0, 0.1) is 0 Å². The van der Waals surface area contributed by atoms with Crippen LogP contribution in [0.4, 0.5) is 4.11 Å². The minimum atomic E-state index is -1.73. The zero-order valence-corrected chi connectivity index (χ0v) is 9.76. The molecule has 0 atom stereocenters. The highest BCUT2D eigenvalue weighted by molar-refractivity contribution is 7.46. The highest BCUT2D eigenvalue weighted by Crippen LogP contribution is 1.87. The first-order valence-electron chi connectivity index (χ1n) is 3.10. The van der Waals surface area contributed by atoms with Crippen molar-refractivity contribution in [3.8, 4) is 0 Å². The van der Waals surface area contributed by atoms with E-state index in [-0.39, 0.29) is 0 Å². The third-order valence-electron chi connectivity index (χ3n) is 1.20. The largest absolute Gasteiger partial charge is 0.313 e. The second kappa shape index (κ2) is 4.81. The molecule has 0 spiro atoms. The van der Waals surface area contributed by atoms with Gasteiger partial charge in [-0.15, -0.1) is 0 Å². The minimum Gasteiger partial charge on any atom is -0.313 e. The Kier molecular flexibility index (Phi) is 3.98. The Morgan fingerprint density at radius 2 is 1.91 bits per heavy atom. The molecule has 0 aliphatic heterocycles. The zero-order valence-electron chi connectivity index (χ0n) is 5.76. The number of rotatable bonds is 3. The van der Waals surface area contributed by atoms with Crippen LogP contribution < -0.4 is 5.19 Å². The van der Waals surface area contributed by atoms with Crippen LogP contribution in [-0.2, 0) is 0 Å². The maximum absolute atomic E-state index is 13.2. The summed E-state index contributed by atoms with van der Waals surface area (Å²) in [5.74, 6) is 0. The van der Waals surface area contributed by atoms with E-state index in [1.165, 1.54) is 0 Å². The van der Waals surface area contributed by atoms with Gasteiger partial charge >= 0.3 is 0 Å². The molecule has 5 heteroatoms. The van der Waals surface area contributed by atoms with Gasteiger partial charge in [0.1, 0.15) is 0 Å². The minimum absolute atomic E-state index is 0.443. The summed E-state index contributed by atoms with van der Waals surface area (Å²) in [7, 11) is 2.60. The molecule has 0 aliphatic rings. The van der Waals surface area contributed by atoms with Crippen LogP contribution in [0.2, 0.25) is 0 Å². The average molecular weight is 208 g/mol. The number of halogens is 1. The van der Waals surface area contributed by atoms with Gasteiger partial charge in [0.2, 0.25) is 0 Å². The van der Waals surface area contributed by atoms with Crippen LogP contribution in [-0.4, -0.2) is 35.5 Å². The third-order valence-corrected chi connectivity index (χ3v) is 10.8. The second-order valence-corrected chi connectivity index (χ2v) is 11.0. The first-order valence-corrected chi connectivity index (χ1v) is 9.98. The van der Waals surface area contributed by atoms with Gasteiger partial charge in [-0.1, -0.05) is 30.3 Å². The number of hydrogen-bond donors (Lipinski definition) is 0. The van der Waals surface area contributed by atoms with Crippen molar-refractivity contribution in [2.75, 3.05) is 0 Å². The monoisotopic (exact) mass is 208 g/mol. The van der Waals surface area contributed by atoms with Gasteiger partial charge in [0.25, 0.3) is 8.65 Å². The van der Waals surface area contributed by atoms with E-state index in [0.29, 0.717) is 17.1 Å². The van der Waals surface area contributed by atoms with Crippen LogP contribution >= 0.6 is 0 Å². The van der Waals surface area contributed by atoms with E-state index < -0.39 is 8.65 Å².